The fraction of sp³-hybridized carbons (Fsp3) is 0.400. The molecule has 8 heteroatoms. The first kappa shape index (κ1) is 21.6. The number of benzene rings is 1. The van der Waals surface area contributed by atoms with Gasteiger partial charge in [-0.15, -0.1) is 4.58 Å². The second kappa shape index (κ2) is 8.96. The van der Waals surface area contributed by atoms with Crippen LogP contribution in [0.15, 0.2) is 54.3 Å². The van der Waals surface area contributed by atoms with Gasteiger partial charge in [-0.2, -0.15) is 0 Å². The molecule has 1 aliphatic carbocycles. The van der Waals surface area contributed by atoms with Crippen molar-refractivity contribution in [3.63, 3.8) is 0 Å². The zero-order valence-corrected chi connectivity index (χ0v) is 18.6. The number of hydrogen-bond acceptors (Lipinski definition) is 6. The van der Waals surface area contributed by atoms with Crippen LogP contribution >= 0.6 is 0 Å². The van der Waals surface area contributed by atoms with Crippen molar-refractivity contribution in [3.8, 4) is 5.75 Å². The number of piperidine rings is 1. The Bertz CT molecular complexity index is 1050. The van der Waals surface area contributed by atoms with Crippen LogP contribution in [0.3, 0.4) is 0 Å². The van der Waals surface area contributed by atoms with Crippen molar-refractivity contribution in [3.05, 3.63) is 59.9 Å². The zero-order chi connectivity index (χ0) is 22.8. The summed E-state index contributed by atoms with van der Waals surface area (Å²) >= 11 is 0. The molecule has 1 unspecified atom stereocenters. The molecule has 2 saturated heterocycles. The summed E-state index contributed by atoms with van der Waals surface area (Å²) in [5, 5.41) is 0. The van der Waals surface area contributed by atoms with Crippen LogP contribution in [-0.2, 0) is 23.8 Å². The summed E-state index contributed by atoms with van der Waals surface area (Å²) in [6, 6.07) is 7.35. The van der Waals surface area contributed by atoms with Gasteiger partial charge in [-0.3, -0.25) is 4.79 Å². The van der Waals surface area contributed by atoms with Gasteiger partial charge in [-0.1, -0.05) is 24.3 Å². The van der Waals surface area contributed by atoms with Gasteiger partial charge in [-0.25, -0.2) is 4.79 Å². The molecule has 3 heterocycles. The summed E-state index contributed by atoms with van der Waals surface area (Å²) in [6.07, 6.45) is 9.97. The van der Waals surface area contributed by atoms with E-state index in [1.54, 1.807) is 18.1 Å². The molecular formula is C25H27N2O6+. The summed E-state index contributed by atoms with van der Waals surface area (Å²) in [4.78, 5) is 28.3. The molecule has 172 valence electrons. The van der Waals surface area contributed by atoms with Crippen molar-refractivity contribution in [1.29, 1.82) is 0 Å². The summed E-state index contributed by atoms with van der Waals surface area (Å²) in [7, 11) is 1.60. The highest BCUT2D eigenvalue weighted by molar-refractivity contribution is 6.06. The van der Waals surface area contributed by atoms with Crippen LogP contribution in [0, 0.1) is 0 Å². The van der Waals surface area contributed by atoms with Gasteiger partial charge in [0, 0.05) is 32.0 Å². The Morgan fingerprint density at radius 2 is 1.91 bits per heavy atom. The van der Waals surface area contributed by atoms with Gasteiger partial charge < -0.3 is 23.8 Å². The predicted octanol–water partition coefficient (Wildman–Crippen LogP) is 1.91. The van der Waals surface area contributed by atoms with E-state index >= 15 is 0 Å². The molecule has 4 aliphatic rings. The number of amides is 2. The van der Waals surface area contributed by atoms with Crippen LogP contribution in [0.2, 0.25) is 0 Å². The first-order chi connectivity index (χ1) is 16.1. The number of methoxy groups -OCH3 is 1. The molecule has 1 spiro atoms. The minimum Gasteiger partial charge on any atom is -0.497 e. The van der Waals surface area contributed by atoms with E-state index in [0.29, 0.717) is 44.9 Å². The SMILES string of the molecule is COc1ccc(/C=C2\OC3C=CC=CC3=[N+](CC(=O)N3CCC4(CC3)OCCO4)C2=O)cc1. The normalized spacial score (nSPS) is 24.9. The lowest BCUT2D eigenvalue weighted by Gasteiger charge is -2.37. The van der Waals surface area contributed by atoms with Crippen LogP contribution in [0.5, 0.6) is 5.75 Å². The highest BCUT2D eigenvalue weighted by Crippen LogP contribution is 2.31. The zero-order valence-electron chi connectivity index (χ0n) is 18.6. The molecule has 0 radical (unpaired) electrons. The third-order valence-electron chi connectivity index (χ3n) is 6.38. The van der Waals surface area contributed by atoms with E-state index in [9.17, 15) is 9.59 Å². The number of likely N-dealkylation sites (tertiary alicyclic amines) is 1. The molecule has 8 nitrogen and oxygen atoms in total. The average molecular weight is 451 g/mol. The molecule has 2 amide bonds. The smallest absolute Gasteiger partial charge is 0.455 e. The molecule has 1 atom stereocenters. The van der Waals surface area contributed by atoms with E-state index in [4.69, 9.17) is 18.9 Å². The highest BCUT2D eigenvalue weighted by Gasteiger charge is 2.44. The summed E-state index contributed by atoms with van der Waals surface area (Å²) in [6.45, 7) is 2.24. The van der Waals surface area contributed by atoms with Crippen molar-refractivity contribution >= 4 is 23.6 Å². The number of carbonyl (C=O) groups is 2. The Hall–Kier alpha value is -3.23. The van der Waals surface area contributed by atoms with Crippen molar-refractivity contribution in [2.24, 2.45) is 0 Å². The standard InChI is InChI=1S/C25H27N2O6/c1-30-19-8-6-18(7-9-19)16-22-24(29)27(20-4-2-3-5-21(20)33-22)17-23(28)26-12-10-25(11-13-26)31-14-15-32-25/h2-9,16,21H,10-15,17H2,1H3/q+1/b22-16-. The van der Waals surface area contributed by atoms with E-state index in [0.717, 1.165) is 11.3 Å². The Kier molecular flexibility index (Phi) is 5.86. The Labute approximate surface area is 192 Å². The van der Waals surface area contributed by atoms with Gasteiger partial charge in [0.15, 0.2) is 5.79 Å². The number of nitrogens with zero attached hydrogens (tertiary/aromatic N) is 2. The summed E-state index contributed by atoms with van der Waals surface area (Å²) in [5.74, 6) is -0.0475. The van der Waals surface area contributed by atoms with Crippen LogP contribution in [0.1, 0.15) is 18.4 Å². The van der Waals surface area contributed by atoms with Crippen LogP contribution in [-0.4, -0.2) is 78.9 Å². The molecule has 1 aromatic rings. The van der Waals surface area contributed by atoms with Gasteiger partial charge in [0.2, 0.25) is 24.1 Å². The van der Waals surface area contributed by atoms with E-state index in [2.05, 4.69) is 0 Å². The molecule has 0 saturated carbocycles. The lowest BCUT2D eigenvalue weighted by atomic mass is 10.0. The van der Waals surface area contributed by atoms with Crippen molar-refractivity contribution < 1.29 is 33.1 Å². The predicted molar refractivity (Wildman–Crippen MR) is 120 cm³/mol. The largest absolute Gasteiger partial charge is 0.497 e. The monoisotopic (exact) mass is 451 g/mol. The van der Waals surface area contributed by atoms with Crippen molar-refractivity contribution in [2.75, 3.05) is 40.0 Å². The molecule has 3 aliphatic heterocycles. The van der Waals surface area contributed by atoms with Crippen molar-refractivity contribution in [1.82, 2.24) is 4.90 Å². The Balaban J connectivity index is 1.35. The first-order valence-electron chi connectivity index (χ1n) is 11.2. The molecule has 0 bridgehead atoms. The lowest BCUT2D eigenvalue weighted by molar-refractivity contribution is -0.444. The minimum absolute atomic E-state index is 0.0408. The van der Waals surface area contributed by atoms with Gasteiger partial charge in [0.1, 0.15) is 5.75 Å². The molecule has 2 fully saturated rings. The molecule has 5 rings (SSSR count). The van der Waals surface area contributed by atoms with E-state index in [1.807, 2.05) is 48.6 Å². The third kappa shape index (κ3) is 4.36. The number of hydrogen-bond donors (Lipinski definition) is 0. The molecule has 0 N–H and O–H groups in total. The Morgan fingerprint density at radius 1 is 1.18 bits per heavy atom. The number of ether oxygens (including phenoxy) is 4. The van der Waals surface area contributed by atoms with Crippen LogP contribution in [0.25, 0.3) is 6.08 Å². The van der Waals surface area contributed by atoms with Gasteiger partial charge in [0.25, 0.3) is 5.91 Å². The quantitative estimate of drug-likeness (QED) is 0.514. The van der Waals surface area contributed by atoms with E-state index in [-0.39, 0.29) is 24.1 Å². The van der Waals surface area contributed by atoms with Crippen LogP contribution in [0.4, 0.5) is 0 Å². The summed E-state index contributed by atoms with van der Waals surface area (Å²) < 4.78 is 24.2. The average Bonchev–Trinajstić information content (AvgIpc) is 3.30. The highest BCUT2D eigenvalue weighted by atomic mass is 16.7. The lowest BCUT2D eigenvalue weighted by Crippen LogP contribution is -2.51. The number of rotatable bonds is 4. The van der Waals surface area contributed by atoms with Gasteiger partial charge in [0.05, 0.1) is 20.3 Å². The maximum Gasteiger partial charge on any atom is 0.455 e. The second-order valence-electron chi connectivity index (χ2n) is 8.37. The van der Waals surface area contributed by atoms with E-state index < -0.39 is 11.9 Å². The number of fused-ring (bicyclic) bond motifs is 1. The third-order valence-corrected chi connectivity index (χ3v) is 6.38. The van der Waals surface area contributed by atoms with Crippen molar-refractivity contribution in [2.45, 2.75) is 24.7 Å². The number of allylic oxidation sites excluding steroid dienone is 2. The fourth-order valence-corrected chi connectivity index (χ4v) is 4.52. The fourth-order valence-electron chi connectivity index (χ4n) is 4.52. The first-order valence-corrected chi connectivity index (χ1v) is 11.2. The maximum absolute atomic E-state index is 13.3. The molecule has 1 aromatic carbocycles. The minimum atomic E-state index is -0.545. The topological polar surface area (TPSA) is 77.3 Å². The van der Waals surface area contributed by atoms with E-state index in [1.165, 1.54) is 4.58 Å². The second-order valence-corrected chi connectivity index (χ2v) is 8.37. The molecule has 33 heavy (non-hydrogen) atoms. The van der Waals surface area contributed by atoms with Gasteiger partial charge >= 0.3 is 5.91 Å². The molecule has 0 aromatic heterocycles. The summed E-state index contributed by atoms with van der Waals surface area (Å²) in [5.41, 5.74) is 1.47. The number of carbonyl (C=O) groups excluding carboxylic acids is 2. The Morgan fingerprint density at radius 3 is 2.61 bits per heavy atom. The van der Waals surface area contributed by atoms with Gasteiger partial charge in [-0.05, 0) is 29.8 Å². The van der Waals surface area contributed by atoms with Crippen LogP contribution < -0.4 is 4.74 Å². The maximum atomic E-state index is 13.3. The molecular weight excluding hydrogens is 424 g/mol.